The van der Waals surface area contributed by atoms with Gasteiger partial charge in [-0.1, -0.05) is 0 Å². The summed E-state index contributed by atoms with van der Waals surface area (Å²) in [6, 6.07) is -0.0723. The maximum absolute atomic E-state index is 11.8. The SMILES string of the molecule is CCOC(=O)C1CCCN1Cc1csc(C)n1. The second kappa shape index (κ2) is 5.60. The van der Waals surface area contributed by atoms with E-state index in [1.165, 1.54) is 0 Å². The smallest absolute Gasteiger partial charge is 0.323 e. The maximum atomic E-state index is 11.8. The van der Waals surface area contributed by atoms with Crippen molar-refractivity contribution in [3.63, 3.8) is 0 Å². The van der Waals surface area contributed by atoms with Crippen molar-refractivity contribution in [1.82, 2.24) is 9.88 Å². The van der Waals surface area contributed by atoms with Crippen LogP contribution >= 0.6 is 11.3 Å². The van der Waals surface area contributed by atoms with E-state index in [-0.39, 0.29) is 12.0 Å². The van der Waals surface area contributed by atoms with Crippen molar-refractivity contribution in [2.24, 2.45) is 0 Å². The second-order valence-corrected chi connectivity index (χ2v) is 5.30. The molecule has 5 heteroatoms. The number of ether oxygens (including phenoxy) is 1. The molecule has 0 spiro atoms. The Morgan fingerprint density at radius 2 is 2.53 bits per heavy atom. The molecule has 0 N–H and O–H groups in total. The molecule has 0 aromatic carbocycles. The van der Waals surface area contributed by atoms with Crippen LogP contribution in [0.5, 0.6) is 0 Å². The lowest BCUT2D eigenvalue weighted by atomic mass is 10.2. The fourth-order valence-corrected chi connectivity index (χ4v) is 2.81. The summed E-state index contributed by atoms with van der Waals surface area (Å²) in [6.07, 6.45) is 1.97. The number of thiazole rings is 1. The highest BCUT2D eigenvalue weighted by Gasteiger charge is 2.31. The largest absolute Gasteiger partial charge is 0.465 e. The van der Waals surface area contributed by atoms with Gasteiger partial charge in [-0.05, 0) is 33.2 Å². The summed E-state index contributed by atoms with van der Waals surface area (Å²) in [5, 5.41) is 3.14. The summed E-state index contributed by atoms with van der Waals surface area (Å²) in [5.74, 6) is -0.0862. The Labute approximate surface area is 106 Å². The summed E-state index contributed by atoms with van der Waals surface area (Å²) in [6.45, 7) is 6.02. The first-order chi connectivity index (χ1) is 8.20. The van der Waals surface area contributed by atoms with Crippen LogP contribution in [-0.4, -0.2) is 35.0 Å². The first-order valence-electron chi connectivity index (χ1n) is 6.02. The van der Waals surface area contributed by atoms with Crippen LogP contribution in [0.1, 0.15) is 30.5 Å². The molecule has 2 rings (SSSR count). The zero-order chi connectivity index (χ0) is 12.3. The molecule has 0 amide bonds. The number of hydrogen-bond donors (Lipinski definition) is 0. The molecule has 1 aromatic heterocycles. The highest BCUT2D eigenvalue weighted by atomic mass is 32.1. The summed E-state index contributed by atoms with van der Waals surface area (Å²) in [4.78, 5) is 18.4. The summed E-state index contributed by atoms with van der Waals surface area (Å²) >= 11 is 1.65. The number of likely N-dealkylation sites (tertiary alicyclic amines) is 1. The van der Waals surface area contributed by atoms with E-state index in [4.69, 9.17) is 4.74 Å². The van der Waals surface area contributed by atoms with E-state index in [2.05, 4.69) is 15.3 Å². The minimum absolute atomic E-state index is 0.0723. The van der Waals surface area contributed by atoms with Gasteiger partial charge in [0.05, 0.1) is 17.3 Å². The Hall–Kier alpha value is -0.940. The third kappa shape index (κ3) is 3.04. The number of aromatic nitrogens is 1. The third-order valence-corrected chi connectivity index (χ3v) is 3.78. The summed E-state index contributed by atoms with van der Waals surface area (Å²) in [5.41, 5.74) is 1.06. The van der Waals surface area contributed by atoms with Crippen molar-refractivity contribution < 1.29 is 9.53 Å². The molecule has 1 fully saturated rings. The lowest BCUT2D eigenvalue weighted by molar-refractivity contribution is -0.148. The van der Waals surface area contributed by atoms with Crippen LogP contribution < -0.4 is 0 Å². The Kier molecular flexibility index (Phi) is 4.12. The third-order valence-electron chi connectivity index (χ3n) is 2.95. The molecule has 0 bridgehead atoms. The number of aryl methyl sites for hydroxylation is 1. The average Bonchev–Trinajstić information content (AvgIpc) is 2.89. The Morgan fingerprint density at radius 1 is 1.71 bits per heavy atom. The van der Waals surface area contributed by atoms with Crippen molar-refractivity contribution in [3.8, 4) is 0 Å². The van der Waals surface area contributed by atoms with Gasteiger partial charge in [-0.3, -0.25) is 9.69 Å². The number of carbonyl (C=O) groups excluding carboxylic acids is 1. The highest BCUT2D eigenvalue weighted by molar-refractivity contribution is 7.09. The molecule has 1 unspecified atom stereocenters. The lowest BCUT2D eigenvalue weighted by Crippen LogP contribution is -2.36. The molecule has 2 heterocycles. The number of carbonyl (C=O) groups is 1. The molecule has 1 atom stereocenters. The van der Waals surface area contributed by atoms with Gasteiger partial charge in [0.15, 0.2) is 0 Å². The normalized spacial score (nSPS) is 20.7. The van der Waals surface area contributed by atoms with Crippen molar-refractivity contribution in [3.05, 3.63) is 16.1 Å². The molecule has 94 valence electrons. The lowest BCUT2D eigenvalue weighted by Gasteiger charge is -2.21. The van der Waals surface area contributed by atoms with E-state index >= 15 is 0 Å². The summed E-state index contributed by atoms with van der Waals surface area (Å²) < 4.78 is 5.10. The predicted molar refractivity (Wildman–Crippen MR) is 66.9 cm³/mol. The zero-order valence-electron chi connectivity index (χ0n) is 10.3. The molecule has 0 aliphatic carbocycles. The average molecular weight is 254 g/mol. The molecule has 1 aliphatic rings. The fourth-order valence-electron chi connectivity index (χ4n) is 2.21. The molecular formula is C12H18N2O2S. The van der Waals surface area contributed by atoms with Crippen LogP contribution in [0.25, 0.3) is 0 Å². The van der Waals surface area contributed by atoms with Gasteiger partial charge in [-0.15, -0.1) is 11.3 Å². The van der Waals surface area contributed by atoms with Gasteiger partial charge in [0.25, 0.3) is 0 Å². The molecule has 1 aliphatic heterocycles. The molecular weight excluding hydrogens is 236 g/mol. The van der Waals surface area contributed by atoms with Crippen molar-refractivity contribution in [2.75, 3.05) is 13.2 Å². The van der Waals surface area contributed by atoms with Crippen LogP contribution in [-0.2, 0) is 16.1 Å². The molecule has 4 nitrogen and oxygen atoms in total. The monoisotopic (exact) mass is 254 g/mol. The van der Waals surface area contributed by atoms with Crippen LogP contribution in [0.15, 0.2) is 5.38 Å². The van der Waals surface area contributed by atoms with Gasteiger partial charge >= 0.3 is 5.97 Å². The van der Waals surface area contributed by atoms with Crippen LogP contribution in [0, 0.1) is 6.92 Å². The number of esters is 1. The first kappa shape index (κ1) is 12.5. The van der Waals surface area contributed by atoms with Crippen LogP contribution in [0.2, 0.25) is 0 Å². The van der Waals surface area contributed by atoms with Crippen molar-refractivity contribution in [1.29, 1.82) is 0 Å². The second-order valence-electron chi connectivity index (χ2n) is 4.24. The quantitative estimate of drug-likeness (QED) is 0.771. The minimum atomic E-state index is -0.0862. The van der Waals surface area contributed by atoms with Crippen molar-refractivity contribution >= 4 is 17.3 Å². The van der Waals surface area contributed by atoms with Crippen molar-refractivity contribution in [2.45, 2.75) is 39.3 Å². The van der Waals surface area contributed by atoms with E-state index in [1.54, 1.807) is 11.3 Å². The Morgan fingerprint density at radius 3 is 3.18 bits per heavy atom. The first-order valence-corrected chi connectivity index (χ1v) is 6.90. The van der Waals surface area contributed by atoms with Gasteiger partial charge in [-0.25, -0.2) is 4.98 Å². The molecule has 17 heavy (non-hydrogen) atoms. The van der Waals surface area contributed by atoms with E-state index in [0.717, 1.165) is 36.6 Å². The topological polar surface area (TPSA) is 42.4 Å². The van der Waals surface area contributed by atoms with Crippen LogP contribution in [0.3, 0.4) is 0 Å². The van der Waals surface area contributed by atoms with Crippen LogP contribution in [0.4, 0.5) is 0 Å². The molecule has 1 saturated heterocycles. The Balaban J connectivity index is 1.97. The number of hydrogen-bond acceptors (Lipinski definition) is 5. The predicted octanol–water partition coefficient (Wildman–Crippen LogP) is 1.98. The highest BCUT2D eigenvalue weighted by Crippen LogP contribution is 2.21. The molecule has 0 radical (unpaired) electrons. The van der Waals surface area contributed by atoms with Gasteiger partial charge in [0.1, 0.15) is 6.04 Å². The maximum Gasteiger partial charge on any atom is 0.323 e. The minimum Gasteiger partial charge on any atom is -0.465 e. The Bertz CT molecular complexity index is 392. The van der Waals surface area contributed by atoms with Gasteiger partial charge in [0, 0.05) is 11.9 Å². The van der Waals surface area contributed by atoms with E-state index < -0.39 is 0 Å². The fraction of sp³-hybridized carbons (Fsp3) is 0.667. The molecule has 1 aromatic rings. The van der Waals surface area contributed by atoms with Gasteiger partial charge in [0.2, 0.25) is 0 Å². The van der Waals surface area contributed by atoms with E-state index in [0.29, 0.717) is 6.61 Å². The van der Waals surface area contributed by atoms with Gasteiger partial charge in [-0.2, -0.15) is 0 Å². The zero-order valence-corrected chi connectivity index (χ0v) is 11.1. The van der Waals surface area contributed by atoms with E-state index in [9.17, 15) is 4.79 Å². The standard InChI is InChI=1S/C12H18N2O2S/c1-3-16-12(15)11-5-4-6-14(11)7-10-8-17-9(2)13-10/h8,11H,3-7H2,1-2H3. The number of rotatable bonds is 4. The summed E-state index contributed by atoms with van der Waals surface area (Å²) in [7, 11) is 0. The van der Waals surface area contributed by atoms with E-state index in [1.807, 2.05) is 13.8 Å². The van der Waals surface area contributed by atoms with Gasteiger partial charge < -0.3 is 4.74 Å². The molecule has 0 saturated carbocycles. The number of nitrogens with zero attached hydrogens (tertiary/aromatic N) is 2.